The van der Waals surface area contributed by atoms with Gasteiger partial charge in [0.25, 0.3) is 0 Å². The van der Waals surface area contributed by atoms with E-state index in [0.717, 1.165) is 36.6 Å². The summed E-state index contributed by atoms with van der Waals surface area (Å²) >= 11 is 6.32. The van der Waals surface area contributed by atoms with E-state index in [0.29, 0.717) is 16.5 Å². The number of hydrogen-bond acceptors (Lipinski definition) is 4. The Labute approximate surface area is 124 Å². The normalized spacial score (nSPS) is 17.8. The molecule has 1 saturated heterocycles. The van der Waals surface area contributed by atoms with Crippen molar-refractivity contribution >= 4 is 23.1 Å². The van der Waals surface area contributed by atoms with Crippen LogP contribution in [0, 0.1) is 0 Å². The zero-order chi connectivity index (χ0) is 14.1. The van der Waals surface area contributed by atoms with Crippen molar-refractivity contribution in [2.45, 2.75) is 32.2 Å². The molecule has 1 fully saturated rings. The molecular formula is C15H19ClN2O2. The smallest absolute Gasteiger partial charge is 0.167 e. The van der Waals surface area contributed by atoms with Gasteiger partial charge in [-0.1, -0.05) is 18.0 Å². The van der Waals surface area contributed by atoms with E-state index < -0.39 is 0 Å². The molecule has 0 aromatic heterocycles. The molecule has 0 spiro atoms. The van der Waals surface area contributed by atoms with Crippen molar-refractivity contribution in [3.8, 4) is 11.5 Å². The van der Waals surface area contributed by atoms with Gasteiger partial charge in [-0.15, -0.1) is 0 Å². The summed E-state index contributed by atoms with van der Waals surface area (Å²) in [7, 11) is 3.25. The molecular weight excluding hydrogens is 276 g/mol. The van der Waals surface area contributed by atoms with Crippen LogP contribution in [0.3, 0.4) is 0 Å². The maximum absolute atomic E-state index is 6.32. The lowest BCUT2D eigenvalue weighted by Gasteiger charge is -2.30. The number of aliphatic imine (C=N–C) groups is 1. The molecule has 108 valence electrons. The van der Waals surface area contributed by atoms with Crippen molar-refractivity contribution < 1.29 is 9.47 Å². The van der Waals surface area contributed by atoms with Crippen molar-refractivity contribution in [3.05, 3.63) is 16.7 Å². The van der Waals surface area contributed by atoms with Crippen LogP contribution in [0.1, 0.15) is 31.2 Å². The Morgan fingerprint density at radius 3 is 2.80 bits per heavy atom. The molecule has 2 aliphatic rings. The molecule has 0 saturated carbocycles. The molecule has 0 unspecified atom stereocenters. The average molecular weight is 295 g/mol. The van der Waals surface area contributed by atoms with Crippen molar-refractivity contribution in [2.24, 2.45) is 4.99 Å². The number of hydrogen-bond donors (Lipinski definition) is 0. The van der Waals surface area contributed by atoms with Crippen LogP contribution < -0.4 is 9.47 Å². The summed E-state index contributed by atoms with van der Waals surface area (Å²) in [5, 5.41) is 0.500. The van der Waals surface area contributed by atoms with Crippen LogP contribution in [0.15, 0.2) is 11.1 Å². The van der Waals surface area contributed by atoms with Gasteiger partial charge in [0.15, 0.2) is 5.75 Å². The van der Waals surface area contributed by atoms with Gasteiger partial charge in [0, 0.05) is 25.1 Å². The zero-order valence-electron chi connectivity index (χ0n) is 11.9. The number of halogens is 1. The van der Waals surface area contributed by atoms with Gasteiger partial charge in [-0.25, -0.2) is 4.99 Å². The lowest BCUT2D eigenvalue weighted by molar-refractivity contribution is 0.380. The minimum Gasteiger partial charge on any atom is -0.495 e. The molecule has 20 heavy (non-hydrogen) atoms. The predicted molar refractivity (Wildman–Crippen MR) is 80.5 cm³/mol. The summed E-state index contributed by atoms with van der Waals surface area (Å²) in [5.74, 6) is 2.43. The molecule has 0 aliphatic carbocycles. The second kappa shape index (κ2) is 5.52. The molecule has 2 heterocycles. The van der Waals surface area contributed by atoms with E-state index in [1.807, 2.05) is 6.07 Å². The highest BCUT2D eigenvalue weighted by atomic mass is 35.5. The molecule has 0 bridgehead atoms. The van der Waals surface area contributed by atoms with Crippen LogP contribution in [0.25, 0.3) is 0 Å². The summed E-state index contributed by atoms with van der Waals surface area (Å²) in [6.45, 7) is 1.93. The highest BCUT2D eigenvalue weighted by molar-refractivity contribution is 6.34. The van der Waals surface area contributed by atoms with Gasteiger partial charge in [-0.2, -0.15) is 0 Å². The van der Waals surface area contributed by atoms with E-state index in [2.05, 4.69) is 4.90 Å². The number of ether oxygens (including phenoxy) is 2. The van der Waals surface area contributed by atoms with Gasteiger partial charge in [-0.05, 0) is 18.9 Å². The van der Waals surface area contributed by atoms with Gasteiger partial charge >= 0.3 is 0 Å². The molecule has 0 amide bonds. The number of rotatable bonds is 2. The second-order valence-electron chi connectivity index (χ2n) is 5.19. The third-order valence-electron chi connectivity index (χ3n) is 3.96. The molecule has 1 aromatic carbocycles. The Morgan fingerprint density at radius 2 is 2.05 bits per heavy atom. The van der Waals surface area contributed by atoms with Crippen LogP contribution >= 0.6 is 11.6 Å². The number of methoxy groups -OCH3 is 2. The summed E-state index contributed by atoms with van der Waals surface area (Å²) < 4.78 is 10.8. The number of amidine groups is 1. The minimum atomic E-state index is 0.500. The van der Waals surface area contributed by atoms with Crippen molar-refractivity contribution in [1.82, 2.24) is 4.90 Å². The number of fused-ring (bicyclic) bond motifs is 2. The molecule has 3 rings (SSSR count). The first-order chi connectivity index (χ1) is 9.74. The standard InChI is InChI=1S/C15H19ClN2O2/c1-19-11-8-10-9-18-7-5-3-4-6-12(18)17-14(10)15(20-2)13(11)16/h8H,3-7,9H2,1-2H3. The largest absolute Gasteiger partial charge is 0.495 e. The topological polar surface area (TPSA) is 34.1 Å². The number of nitrogens with zero attached hydrogens (tertiary/aromatic N) is 2. The summed E-state index contributed by atoms with van der Waals surface area (Å²) in [6.07, 6.45) is 4.74. The van der Waals surface area contributed by atoms with Crippen LogP contribution in [0.2, 0.25) is 5.02 Å². The molecule has 0 radical (unpaired) electrons. The molecule has 2 aliphatic heterocycles. The molecule has 1 aromatic rings. The first-order valence-electron chi connectivity index (χ1n) is 7.00. The average Bonchev–Trinajstić information content (AvgIpc) is 2.69. The highest BCUT2D eigenvalue weighted by Crippen LogP contribution is 2.46. The Hall–Kier alpha value is -1.42. The predicted octanol–water partition coefficient (Wildman–Crippen LogP) is 3.78. The van der Waals surface area contributed by atoms with Crippen molar-refractivity contribution in [1.29, 1.82) is 0 Å². The Morgan fingerprint density at radius 1 is 1.20 bits per heavy atom. The summed E-state index contributed by atoms with van der Waals surface area (Å²) in [6, 6.07) is 1.98. The summed E-state index contributed by atoms with van der Waals surface area (Å²) in [5.41, 5.74) is 1.99. The minimum absolute atomic E-state index is 0.500. The third kappa shape index (κ3) is 2.22. The molecule has 4 nitrogen and oxygen atoms in total. The third-order valence-corrected chi connectivity index (χ3v) is 4.32. The maximum atomic E-state index is 6.32. The molecule has 5 heteroatoms. The highest BCUT2D eigenvalue weighted by Gasteiger charge is 2.26. The van der Waals surface area contributed by atoms with Crippen LogP contribution in [-0.2, 0) is 6.54 Å². The van der Waals surface area contributed by atoms with Gasteiger partial charge in [0.2, 0.25) is 0 Å². The van der Waals surface area contributed by atoms with Crippen molar-refractivity contribution in [3.63, 3.8) is 0 Å². The van der Waals surface area contributed by atoms with E-state index in [1.165, 1.54) is 19.3 Å². The van der Waals surface area contributed by atoms with E-state index in [-0.39, 0.29) is 0 Å². The number of benzene rings is 1. The SMILES string of the molecule is COc1cc2c(c(OC)c1Cl)N=C1CCCCCN1C2. The van der Waals surface area contributed by atoms with E-state index in [4.69, 9.17) is 26.1 Å². The first-order valence-corrected chi connectivity index (χ1v) is 7.38. The van der Waals surface area contributed by atoms with Crippen molar-refractivity contribution in [2.75, 3.05) is 20.8 Å². The fourth-order valence-corrected chi connectivity index (χ4v) is 3.21. The molecule has 0 N–H and O–H groups in total. The van der Waals surface area contributed by atoms with Gasteiger partial charge in [-0.3, -0.25) is 0 Å². The fraction of sp³-hybridized carbons (Fsp3) is 0.533. The second-order valence-corrected chi connectivity index (χ2v) is 5.57. The van der Waals surface area contributed by atoms with E-state index in [9.17, 15) is 0 Å². The van der Waals surface area contributed by atoms with Gasteiger partial charge in [0.05, 0.1) is 14.2 Å². The van der Waals surface area contributed by atoms with E-state index >= 15 is 0 Å². The lowest BCUT2D eigenvalue weighted by atomic mass is 10.1. The first kappa shape index (κ1) is 13.6. The Kier molecular flexibility index (Phi) is 3.74. The molecule has 0 atom stereocenters. The van der Waals surface area contributed by atoms with Crippen LogP contribution in [0.4, 0.5) is 5.69 Å². The Bertz CT molecular complexity index is 557. The van der Waals surface area contributed by atoms with Gasteiger partial charge < -0.3 is 14.4 Å². The zero-order valence-corrected chi connectivity index (χ0v) is 12.7. The Balaban J connectivity index is 2.11. The lowest BCUT2D eigenvalue weighted by Crippen LogP contribution is -2.32. The monoisotopic (exact) mass is 294 g/mol. The maximum Gasteiger partial charge on any atom is 0.167 e. The van der Waals surface area contributed by atoms with Gasteiger partial charge in [0.1, 0.15) is 22.3 Å². The quantitative estimate of drug-likeness (QED) is 0.832. The van der Waals surface area contributed by atoms with Crippen LogP contribution in [0.5, 0.6) is 11.5 Å². The summed E-state index contributed by atoms with van der Waals surface area (Å²) in [4.78, 5) is 7.18. The van der Waals surface area contributed by atoms with E-state index in [1.54, 1.807) is 14.2 Å². The van der Waals surface area contributed by atoms with Crippen LogP contribution in [-0.4, -0.2) is 31.5 Å². The fourth-order valence-electron chi connectivity index (χ4n) is 2.91.